The minimum atomic E-state index is -0.922. The third kappa shape index (κ3) is 3.66. The van der Waals surface area contributed by atoms with Gasteiger partial charge >= 0.3 is 0 Å². The van der Waals surface area contributed by atoms with Gasteiger partial charge in [-0.05, 0) is 30.2 Å². The molecule has 148 valence electrons. The van der Waals surface area contributed by atoms with E-state index in [2.05, 4.69) is 5.10 Å². The van der Waals surface area contributed by atoms with Crippen LogP contribution in [-0.2, 0) is 9.53 Å². The molecule has 1 aromatic carbocycles. The Labute approximate surface area is 162 Å². The van der Waals surface area contributed by atoms with Crippen molar-refractivity contribution in [3.8, 4) is 11.6 Å². The molecule has 2 heterocycles. The van der Waals surface area contributed by atoms with Crippen molar-refractivity contribution in [1.82, 2.24) is 14.7 Å². The molecular weight excluding hydrogens is 362 g/mol. The summed E-state index contributed by atoms with van der Waals surface area (Å²) in [6.07, 6.45) is 1.57. The van der Waals surface area contributed by atoms with Crippen LogP contribution in [0.5, 0.6) is 5.88 Å². The van der Waals surface area contributed by atoms with Crippen molar-refractivity contribution in [2.45, 2.75) is 19.1 Å². The number of nitrogens with zero attached hydrogens (tertiary/aromatic N) is 3. The number of aryl methyl sites for hydroxylation is 1. The fourth-order valence-corrected chi connectivity index (χ4v) is 3.42. The van der Waals surface area contributed by atoms with Gasteiger partial charge in [0.05, 0.1) is 18.8 Å². The zero-order valence-electron chi connectivity index (χ0n) is 15.6. The highest BCUT2D eigenvalue weighted by Crippen LogP contribution is 2.30. The summed E-state index contributed by atoms with van der Waals surface area (Å²) in [6, 6.07) is 7.41. The van der Waals surface area contributed by atoms with Crippen LogP contribution in [0.3, 0.4) is 0 Å². The van der Waals surface area contributed by atoms with E-state index in [1.54, 1.807) is 27.8 Å². The number of fused-ring (bicyclic) bond motifs is 1. The molecular formula is C20H23N3O5. The van der Waals surface area contributed by atoms with Crippen molar-refractivity contribution in [2.75, 3.05) is 32.9 Å². The Kier molecular flexibility index (Phi) is 5.17. The van der Waals surface area contributed by atoms with E-state index in [1.165, 1.54) is 0 Å². The highest BCUT2D eigenvalue weighted by atomic mass is 16.5. The molecule has 1 amide bonds. The molecule has 8 nitrogen and oxygen atoms in total. The Morgan fingerprint density at radius 1 is 1.32 bits per heavy atom. The smallest absolute Gasteiger partial charge is 0.248 e. The first-order valence-corrected chi connectivity index (χ1v) is 9.26. The van der Waals surface area contributed by atoms with Gasteiger partial charge in [0.15, 0.2) is 0 Å². The molecule has 2 aromatic rings. The Morgan fingerprint density at radius 2 is 2.18 bits per heavy atom. The van der Waals surface area contributed by atoms with Crippen LogP contribution in [0, 0.1) is 6.92 Å². The van der Waals surface area contributed by atoms with Crippen LogP contribution in [0.25, 0.3) is 11.8 Å². The lowest BCUT2D eigenvalue weighted by Gasteiger charge is -2.26. The number of aliphatic hydroxyl groups is 2. The third-order valence-corrected chi connectivity index (χ3v) is 4.99. The molecule has 2 atom stereocenters. The maximum atomic E-state index is 11.7. The summed E-state index contributed by atoms with van der Waals surface area (Å²) in [7, 11) is 0. The Hall–Kier alpha value is -2.68. The largest absolute Gasteiger partial charge is 0.475 e. The number of ether oxygens (including phenoxy) is 2. The SMILES string of the molecule is Cc1cc(OCCN2CCOCC2=O)nn1-c1ccc2c(c1)C=CC(O)C2O. The van der Waals surface area contributed by atoms with Gasteiger partial charge in [-0.2, -0.15) is 0 Å². The van der Waals surface area contributed by atoms with Crippen LogP contribution in [0.15, 0.2) is 30.3 Å². The molecule has 2 unspecified atom stereocenters. The molecule has 1 aliphatic carbocycles. The molecule has 8 heteroatoms. The molecule has 0 bridgehead atoms. The van der Waals surface area contributed by atoms with Crippen LogP contribution in [0.1, 0.15) is 22.9 Å². The van der Waals surface area contributed by atoms with Gasteiger partial charge in [0.1, 0.15) is 25.4 Å². The lowest BCUT2D eigenvalue weighted by molar-refractivity contribution is -0.143. The van der Waals surface area contributed by atoms with Crippen molar-refractivity contribution < 1.29 is 24.5 Å². The highest BCUT2D eigenvalue weighted by molar-refractivity contribution is 5.77. The lowest BCUT2D eigenvalue weighted by Crippen LogP contribution is -2.43. The van der Waals surface area contributed by atoms with Crippen LogP contribution in [0.2, 0.25) is 0 Å². The van der Waals surface area contributed by atoms with Crippen molar-refractivity contribution in [2.24, 2.45) is 0 Å². The van der Waals surface area contributed by atoms with Gasteiger partial charge in [-0.1, -0.05) is 18.2 Å². The summed E-state index contributed by atoms with van der Waals surface area (Å²) in [4.78, 5) is 13.5. The van der Waals surface area contributed by atoms with E-state index < -0.39 is 12.2 Å². The fraction of sp³-hybridized carbons (Fsp3) is 0.400. The molecule has 0 saturated carbocycles. The number of aromatic nitrogens is 2. The normalized spacial score (nSPS) is 21.7. The number of carbonyl (C=O) groups is 1. The second-order valence-corrected chi connectivity index (χ2v) is 6.93. The van der Waals surface area contributed by atoms with Crippen LogP contribution in [-0.4, -0.2) is 69.8 Å². The van der Waals surface area contributed by atoms with Gasteiger partial charge in [0.25, 0.3) is 0 Å². The zero-order chi connectivity index (χ0) is 19.7. The van der Waals surface area contributed by atoms with E-state index in [9.17, 15) is 15.0 Å². The molecule has 4 rings (SSSR count). The number of morpholine rings is 1. The monoisotopic (exact) mass is 385 g/mol. The van der Waals surface area contributed by atoms with E-state index in [-0.39, 0.29) is 12.5 Å². The van der Waals surface area contributed by atoms with Gasteiger partial charge < -0.3 is 24.6 Å². The molecule has 1 aromatic heterocycles. The topological polar surface area (TPSA) is 97.1 Å². The summed E-state index contributed by atoms with van der Waals surface area (Å²) in [5.74, 6) is 0.466. The quantitative estimate of drug-likeness (QED) is 0.792. The van der Waals surface area contributed by atoms with E-state index in [0.717, 1.165) is 16.9 Å². The average molecular weight is 385 g/mol. The predicted molar refractivity (Wildman–Crippen MR) is 101 cm³/mol. The molecule has 2 N–H and O–H groups in total. The van der Waals surface area contributed by atoms with Crippen LogP contribution in [0.4, 0.5) is 0 Å². The van der Waals surface area contributed by atoms with E-state index in [0.29, 0.717) is 37.7 Å². The summed E-state index contributed by atoms with van der Waals surface area (Å²) < 4.78 is 12.6. The van der Waals surface area contributed by atoms with Crippen molar-refractivity contribution in [3.05, 3.63) is 47.2 Å². The number of hydrogen-bond donors (Lipinski definition) is 2. The fourth-order valence-electron chi connectivity index (χ4n) is 3.42. The van der Waals surface area contributed by atoms with Gasteiger partial charge in [-0.25, -0.2) is 4.68 Å². The number of aliphatic hydroxyl groups excluding tert-OH is 2. The Morgan fingerprint density at radius 3 is 3.00 bits per heavy atom. The van der Waals surface area contributed by atoms with E-state index in [1.807, 2.05) is 25.1 Å². The van der Waals surface area contributed by atoms with Gasteiger partial charge in [0.2, 0.25) is 11.8 Å². The van der Waals surface area contributed by atoms with Crippen LogP contribution >= 0.6 is 0 Å². The first kappa shape index (κ1) is 18.7. The number of carbonyl (C=O) groups excluding carboxylic acids is 1. The van der Waals surface area contributed by atoms with Gasteiger partial charge in [-0.3, -0.25) is 4.79 Å². The van der Waals surface area contributed by atoms with Crippen molar-refractivity contribution >= 4 is 12.0 Å². The first-order valence-electron chi connectivity index (χ1n) is 9.26. The molecule has 2 aliphatic rings. The minimum Gasteiger partial charge on any atom is -0.475 e. The number of rotatable bonds is 5. The molecule has 1 fully saturated rings. The molecule has 0 radical (unpaired) electrons. The molecule has 0 spiro atoms. The highest BCUT2D eigenvalue weighted by Gasteiger charge is 2.23. The average Bonchev–Trinajstić information content (AvgIpc) is 3.06. The summed E-state index contributed by atoms with van der Waals surface area (Å²) in [6.45, 7) is 4.06. The molecule has 28 heavy (non-hydrogen) atoms. The lowest BCUT2D eigenvalue weighted by atomic mass is 9.92. The number of amides is 1. The second kappa shape index (κ2) is 7.75. The second-order valence-electron chi connectivity index (χ2n) is 6.93. The third-order valence-electron chi connectivity index (χ3n) is 4.99. The maximum absolute atomic E-state index is 11.7. The van der Waals surface area contributed by atoms with E-state index >= 15 is 0 Å². The van der Waals surface area contributed by atoms with Crippen LogP contribution < -0.4 is 4.74 Å². The van der Waals surface area contributed by atoms with Crippen molar-refractivity contribution in [3.63, 3.8) is 0 Å². The predicted octanol–water partition coefficient (Wildman–Crippen LogP) is 0.839. The Balaban J connectivity index is 1.45. The summed E-state index contributed by atoms with van der Waals surface area (Å²) >= 11 is 0. The summed E-state index contributed by atoms with van der Waals surface area (Å²) in [5.41, 5.74) is 3.27. The standard InChI is InChI=1S/C20H23N3O5/c1-13-10-18(28-9-7-22-6-8-27-12-19(22)25)21-23(13)15-3-4-16-14(11-15)2-5-17(24)20(16)26/h2-5,10-11,17,20,24,26H,6-9,12H2,1H3. The Bertz CT molecular complexity index is 907. The number of hydrogen-bond acceptors (Lipinski definition) is 6. The number of benzene rings is 1. The zero-order valence-corrected chi connectivity index (χ0v) is 15.6. The minimum absolute atomic E-state index is 0.0222. The maximum Gasteiger partial charge on any atom is 0.248 e. The first-order chi connectivity index (χ1) is 13.5. The molecule has 1 aliphatic heterocycles. The molecule has 1 saturated heterocycles. The van der Waals surface area contributed by atoms with Crippen molar-refractivity contribution in [1.29, 1.82) is 0 Å². The van der Waals surface area contributed by atoms with Gasteiger partial charge in [-0.15, -0.1) is 5.10 Å². The summed E-state index contributed by atoms with van der Waals surface area (Å²) in [5, 5.41) is 24.3. The van der Waals surface area contributed by atoms with E-state index in [4.69, 9.17) is 9.47 Å². The van der Waals surface area contributed by atoms with Gasteiger partial charge in [0, 0.05) is 18.3 Å².